The molecule has 0 saturated carbocycles. The summed E-state index contributed by atoms with van der Waals surface area (Å²) in [6, 6.07) is 11.5. The molecule has 0 saturated heterocycles. The van der Waals surface area contributed by atoms with E-state index in [-0.39, 0.29) is 16.5 Å². The van der Waals surface area contributed by atoms with Gasteiger partial charge in [-0.1, -0.05) is 23.9 Å². The van der Waals surface area contributed by atoms with Crippen LogP contribution in [0.25, 0.3) is 0 Å². The number of unbranched alkanes of at least 4 members (excludes halogenated alkanes) is 1. The SMILES string of the molecule is CCCCN(C)NC(=S)N(c1ccc(NC(=O)c2csnn2)cc1)c1cccc(C(F)(F)F)c1. The lowest BCUT2D eigenvalue weighted by atomic mass is 10.1. The zero-order valence-corrected chi connectivity index (χ0v) is 20.1. The van der Waals surface area contributed by atoms with Crippen molar-refractivity contribution in [3.63, 3.8) is 0 Å². The highest BCUT2D eigenvalue weighted by molar-refractivity contribution is 7.80. The van der Waals surface area contributed by atoms with Crippen molar-refractivity contribution in [3.8, 4) is 0 Å². The van der Waals surface area contributed by atoms with Gasteiger partial charge in [0.25, 0.3) is 5.91 Å². The summed E-state index contributed by atoms with van der Waals surface area (Å²) >= 11 is 6.63. The normalized spacial score (nSPS) is 11.4. The molecule has 0 atom stereocenters. The van der Waals surface area contributed by atoms with Crippen LogP contribution in [-0.4, -0.2) is 39.2 Å². The quantitative estimate of drug-likeness (QED) is 0.309. The number of carbonyl (C=O) groups is 1. The van der Waals surface area contributed by atoms with Gasteiger partial charge in [-0.2, -0.15) is 13.2 Å². The standard InChI is InChI=1S/C22H23F3N6OS2/c1-3-4-12-30(2)28-21(33)31(18-7-5-6-15(13-18)22(23,24)25)17-10-8-16(9-11-17)26-20(32)19-14-34-29-27-19/h5-11,13-14H,3-4,12H2,1-2H3,(H,26,32)(H,28,33). The Labute approximate surface area is 204 Å². The fourth-order valence-electron chi connectivity index (χ4n) is 3.02. The lowest BCUT2D eigenvalue weighted by molar-refractivity contribution is -0.137. The number of amides is 1. The van der Waals surface area contributed by atoms with E-state index in [1.165, 1.54) is 16.3 Å². The number of carbonyl (C=O) groups excluding carboxylic acids is 1. The number of halogens is 3. The van der Waals surface area contributed by atoms with Crippen LogP contribution in [0.4, 0.5) is 30.2 Å². The van der Waals surface area contributed by atoms with Crippen molar-refractivity contribution in [2.24, 2.45) is 0 Å². The lowest BCUT2D eigenvalue weighted by Gasteiger charge is -2.30. The van der Waals surface area contributed by atoms with Crippen molar-refractivity contribution < 1.29 is 18.0 Å². The summed E-state index contributed by atoms with van der Waals surface area (Å²) in [7, 11) is 1.82. The van der Waals surface area contributed by atoms with Crippen LogP contribution in [0, 0.1) is 0 Å². The molecule has 0 aliphatic rings. The third-order valence-corrected chi connectivity index (χ3v) is 5.52. The van der Waals surface area contributed by atoms with Crippen molar-refractivity contribution in [2.75, 3.05) is 23.8 Å². The highest BCUT2D eigenvalue weighted by atomic mass is 32.1. The number of hydrazine groups is 1. The van der Waals surface area contributed by atoms with Gasteiger partial charge in [0.05, 0.1) is 5.56 Å². The van der Waals surface area contributed by atoms with Crippen molar-refractivity contribution in [2.45, 2.75) is 25.9 Å². The highest BCUT2D eigenvalue weighted by Crippen LogP contribution is 2.34. The molecule has 12 heteroatoms. The fraction of sp³-hybridized carbons (Fsp3) is 0.273. The van der Waals surface area contributed by atoms with Gasteiger partial charge in [-0.25, -0.2) is 5.01 Å². The van der Waals surface area contributed by atoms with E-state index in [9.17, 15) is 18.0 Å². The molecule has 180 valence electrons. The van der Waals surface area contributed by atoms with Crippen molar-refractivity contribution >= 4 is 51.8 Å². The average Bonchev–Trinajstić information content (AvgIpc) is 3.34. The van der Waals surface area contributed by atoms with E-state index < -0.39 is 17.6 Å². The fourth-order valence-corrected chi connectivity index (χ4v) is 3.82. The minimum atomic E-state index is -4.49. The van der Waals surface area contributed by atoms with Crippen molar-refractivity contribution in [1.29, 1.82) is 0 Å². The largest absolute Gasteiger partial charge is 0.416 e. The third-order valence-electron chi connectivity index (χ3n) is 4.74. The van der Waals surface area contributed by atoms with E-state index in [0.29, 0.717) is 17.9 Å². The molecule has 0 spiro atoms. The maximum absolute atomic E-state index is 13.4. The molecule has 1 heterocycles. The Kier molecular flexibility index (Phi) is 8.53. The van der Waals surface area contributed by atoms with E-state index >= 15 is 0 Å². The second-order valence-electron chi connectivity index (χ2n) is 7.37. The zero-order valence-electron chi connectivity index (χ0n) is 18.5. The highest BCUT2D eigenvalue weighted by Gasteiger charge is 2.31. The first-order valence-corrected chi connectivity index (χ1v) is 11.6. The topological polar surface area (TPSA) is 73.4 Å². The number of alkyl halides is 3. The molecule has 34 heavy (non-hydrogen) atoms. The average molecular weight is 509 g/mol. The second-order valence-corrected chi connectivity index (χ2v) is 8.36. The first-order valence-electron chi connectivity index (χ1n) is 10.4. The van der Waals surface area contributed by atoms with Gasteiger partial charge in [0.15, 0.2) is 10.8 Å². The number of benzene rings is 2. The molecular weight excluding hydrogens is 485 g/mol. The van der Waals surface area contributed by atoms with Crippen LogP contribution >= 0.6 is 23.8 Å². The van der Waals surface area contributed by atoms with Gasteiger partial charge in [-0.15, -0.1) is 5.10 Å². The molecule has 0 bridgehead atoms. The number of thiocarbonyl (C=S) groups is 1. The summed E-state index contributed by atoms with van der Waals surface area (Å²) < 4.78 is 43.7. The maximum atomic E-state index is 13.4. The van der Waals surface area contributed by atoms with Crippen LogP contribution in [0.2, 0.25) is 0 Å². The lowest BCUT2D eigenvalue weighted by Crippen LogP contribution is -2.46. The molecule has 0 aliphatic heterocycles. The Morgan fingerprint density at radius 1 is 1.15 bits per heavy atom. The summed E-state index contributed by atoms with van der Waals surface area (Å²) in [4.78, 5) is 13.7. The third kappa shape index (κ3) is 6.72. The summed E-state index contributed by atoms with van der Waals surface area (Å²) in [6.45, 7) is 2.77. The van der Waals surface area contributed by atoms with E-state index in [2.05, 4.69) is 27.3 Å². The first-order chi connectivity index (χ1) is 16.2. The predicted octanol–water partition coefficient (Wildman–Crippen LogP) is 5.47. The van der Waals surface area contributed by atoms with Crippen LogP contribution in [0.15, 0.2) is 53.9 Å². The van der Waals surface area contributed by atoms with Crippen LogP contribution < -0.4 is 15.6 Å². The monoisotopic (exact) mass is 508 g/mol. The smallest absolute Gasteiger partial charge is 0.321 e. The molecule has 3 aromatic rings. The Bertz CT molecular complexity index is 1110. The summed E-state index contributed by atoms with van der Waals surface area (Å²) in [5.74, 6) is -0.411. The molecule has 2 aromatic carbocycles. The van der Waals surface area contributed by atoms with Gasteiger partial charge in [-0.3, -0.25) is 15.1 Å². The molecular formula is C22H23F3N6OS2. The first kappa shape index (κ1) is 25.5. The minimum absolute atomic E-state index is 0.195. The van der Waals surface area contributed by atoms with E-state index in [4.69, 9.17) is 12.2 Å². The van der Waals surface area contributed by atoms with Gasteiger partial charge in [0, 0.05) is 36.0 Å². The number of rotatable bonds is 8. The summed E-state index contributed by atoms with van der Waals surface area (Å²) in [6.07, 6.45) is -2.58. The van der Waals surface area contributed by atoms with Crippen LogP contribution in [-0.2, 0) is 6.18 Å². The molecule has 1 aromatic heterocycles. The molecule has 0 unspecified atom stereocenters. The molecule has 0 aliphatic carbocycles. The summed E-state index contributed by atoms with van der Waals surface area (Å²) in [5, 5.41) is 9.96. The molecule has 2 N–H and O–H groups in total. The predicted molar refractivity (Wildman–Crippen MR) is 131 cm³/mol. The summed E-state index contributed by atoms with van der Waals surface area (Å²) in [5.41, 5.74) is 3.74. The number of anilines is 3. The van der Waals surface area contributed by atoms with Gasteiger partial charge < -0.3 is 5.32 Å². The molecule has 3 rings (SSSR count). The van der Waals surface area contributed by atoms with Gasteiger partial charge >= 0.3 is 6.18 Å². The Morgan fingerprint density at radius 3 is 2.50 bits per heavy atom. The number of hydrogen-bond donors (Lipinski definition) is 2. The maximum Gasteiger partial charge on any atom is 0.416 e. The number of nitrogens with zero attached hydrogens (tertiary/aromatic N) is 4. The number of nitrogens with one attached hydrogen (secondary N) is 2. The van der Waals surface area contributed by atoms with E-state index in [1.54, 1.807) is 35.3 Å². The van der Waals surface area contributed by atoms with E-state index in [0.717, 1.165) is 36.5 Å². The van der Waals surface area contributed by atoms with E-state index in [1.807, 2.05) is 7.05 Å². The Balaban J connectivity index is 1.89. The number of hydrogen-bond acceptors (Lipinski definition) is 6. The Morgan fingerprint density at radius 2 is 1.88 bits per heavy atom. The van der Waals surface area contributed by atoms with Gasteiger partial charge in [-0.05, 0) is 72.6 Å². The van der Waals surface area contributed by atoms with Crippen LogP contribution in [0.5, 0.6) is 0 Å². The van der Waals surface area contributed by atoms with Gasteiger partial charge in [0.1, 0.15) is 0 Å². The molecule has 7 nitrogen and oxygen atoms in total. The molecule has 1 amide bonds. The van der Waals surface area contributed by atoms with Crippen LogP contribution in [0.1, 0.15) is 35.8 Å². The molecule has 0 fully saturated rings. The van der Waals surface area contributed by atoms with Crippen molar-refractivity contribution in [3.05, 3.63) is 65.2 Å². The second kappa shape index (κ2) is 11.4. The minimum Gasteiger partial charge on any atom is -0.321 e. The van der Waals surface area contributed by atoms with Crippen LogP contribution in [0.3, 0.4) is 0 Å². The van der Waals surface area contributed by atoms with Gasteiger partial charge in [0.2, 0.25) is 0 Å². The van der Waals surface area contributed by atoms with Crippen molar-refractivity contribution in [1.82, 2.24) is 20.0 Å². The Hall–Kier alpha value is -3.09. The number of aromatic nitrogens is 2. The molecule has 0 radical (unpaired) electrons. The zero-order chi connectivity index (χ0) is 24.7.